The molecular formula is C14H21N3O3. The maximum absolute atomic E-state index is 11.8. The highest BCUT2D eigenvalue weighted by atomic mass is 16.5. The van der Waals surface area contributed by atoms with E-state index in [9.17, 15) is 9.59 Å². The molecule has 0 radical (unpaired) electrons. The van der Waals surface area contributed by atoms with E-state index in [-0.39, 0.29) is 18.6 Å². The van der Waals surface area contributed by atoms with E-state index in [4.69, 9.17) is 0 Å². The first kappa shape index (κ1) is 16.0. The number of methoxy groups -OCH3 is 1. The highest BCUT2D eigenvalue weighted by Crippen LogP contribution is 2.15. The predicted octanol–water partition coefficient (Wildman–Crippen LogP) is 1.60. The highest BCUT2D eigenvalue weighted by molar-refractivity contribution is 5.91. The van der Waals surface area contributed by atoms with Crippen LogP contribution in [0, 0.1) is 0 Å². The van der Waals surface area contributed by atoms with Gasteiger partial charge in [0.2, 0.25) is 0 Å². The molecule has 20 heavy (non-hydrogen) atoms. The summed E-state index contributed by atoms with van der Waals surface area (Å²) in [6.07, 6.45) is 0. The zero-order valence-corrected chi connectivity index (χ0v) is 12.3. The molecule has 1 aromatic rings. The maximum Gasteiger partial charge on any atom is 0.325 e. The third-order valence-corrected chi connectivity index (χ3v) is 3.04. The van der Waals surface area contributed by atoms with Gasteiger partial charge in [0.05, 0.1) is 7.11 Å². The summed E-state index contributed by atoms with van der Waals surface area (Å²) < 4.78 is 4.51. The minimum Gasteiger partial charge on any atom is -0.468 e. The normalized spacial score (nSPS) is 11.6. The van der Waals surface area contributed by atoms with Gasteiger partial charge in [-0.25, -0.2) is 4.79 Å². The van der Waals surface area contributed by atoms with Gasteiger partial charge >= 0.3 is 12.0 Å². The molecule has 6 nitrogen and oxygen atoms in total. The van der Waals surface area contributed by atoms with Gasteiger partial charge in [0.25, 0.3) is 0 Å². The number of benzene rings is 1. The molecule has 0 aliphatic heterocycles. The lowest BCUT2D eigenvalue weighted by Crippen LogP contribution is -2.35. The Kier molecular flexibility index (Phi) is 5.99. The van der Waals surface area contributed by atoms with Crippen LogP contribution in [0.5, 0.6) is 0 Å². The number of hydrogen-bond acceptors (Lipinski definition) is 4. The first-order chi connectivity index (χ1) is 9.47. The SMILES string of the molecule is CNC(C)c1ccc(NC(=O)N(C)CC(=O)OC)cc1. The third-order valence-electron chi connectivity index (χ3n) is 3.04. The van der Waals surface area contributed by atoms with Crippen molar-refractivity contribution in [3.8, 4) is 0 Å². The predicted molar refractivity (Wildman–Crippen MR) is 77.6 cm³/mol. The Morgan fingerprint density at radius 2 is 1.90 bits per heavy atom. The zero-order chi connectivity index (χ0) is 15.1. The number of anilines is 1. The lowest BCUT2D eigenvalue weighted by atomic mass is 10.1. The molecule has 1 aromatic carbocycles. The van der Waals surface area contributed by atoms with Crippen LogP contribution in [0.25, 0.3) is 0 Å². The van der Waals surface area contributed by atoms with Crippen LogP contribution in [0.1, 0.15) is 18.5 Å². The average Bonchev–Trinajstić information content (AvgIpc) is 2.46. The van der Waals surface area contributed by atoms with E-state index >= 15 is 0 Å². The standard InChI is InChI=1S/C14H21N3O3/c1-10(15-2)11-5-7-12(8-6-11)16-14(19)17(3)9-13(18)20-4/h5-8,10,15H,9H2,1-4H3,(H,16,19). The molecular weight excluding hydrogens is 258 g/mol. The van der Waals surface area contributed by atoms with Crippen LogP contribution in [0.2, 0.25) is 0 Å². The molecule has 2 N–H and O–H groups in total. The Balaban J connectivity index is 2.60. The van der Waals surface area contributed by atoms with Crippen molar-refractivity contribution >= 4 is 17.7 Å². The number of likely N-dealkylation sites (N-methyl/N-ethyl adjacent to an activating group) is 1. The molecule has 0 aliphatic carbocycles. The number of nitrogens with one attached hydrogen (secondary N) is 2. The Hall–Kier alpha value is -2.08. The Bertz CT molecular complexity index is 459. The third kappa shape index (κ3) is 4.55. The van der Waals surface area contributed by atoms with Crippen molar-refractivity contribution in [2.45, 2.75) is 13.0 Å². The molecule has 1 rings (SSSR count). The summed E-state index contributed by atoms with van der Waals surface area (Å²) >= 11 is 0. The van der Waals surface area contributed by atoms with E-state index in [0.29, 0.717) is 5.69 Å². The van der Waals surface area contributed by atoms with Gasteiger partial charge in [-0.05, 0) is 31.7 Å². The molecule has 0 aliphatic rings. The second-order valence-electron chi connectivity index (χ2n) is 4.49. The molecule has 0 saturated carbocycles. The second-order valence-corrected chi connectivity index (χ2v) is 4.49. The molecule has 2 amide bonds. The Morgan fingerprint density at radius 1 is 1.30 bits per heavy atom. The summed E-state index contributed by atoms with van der Waals surface area (Å²) in [5.41, 5.74) is 1.81. The van der Waals surface area contributed by atoms with Gasteiger partial charge in [-0.2, -0.15) is 0 Å². The van der Waals surface area contributed by atoms with Crippen molar-refractivity contribution in [2.75, 3.05) is 33.1 Å². The summed E-state index contributed by atoms with van der Waals surface area (Å²) in [5, 5.41) is 5.85. The second kappa shape index (κ2) is 7.49. The Morgan fingerprint density at radius 3 is 2.40 bits per heavy atom. The molecule has 1 unspecified atom stereocenters. The van der Waals surface area contributed by atoms with Crippen molar-refractivity contribution in [1.82, 2.24) is 10.2 Å². The summed E-state index contributed by atoms with van der Waals surface area (Å²) in [5.74, 6) is -0.458. The van der Waals surface area contributed by atoms with Crippen molar-refractivity contribution < 1.29 is 14.3 Å². The summed E-state index contributed by atoms with van der Waals surface area (Å²) in [7, 11) is 4.71. The molecule has 0 saturated heterocycles. The van der Waals surface area contributed by atoms with Crippen LogP contribution in [-0.4, -0.2) is 44.7 Å². The molecule has 6 heteroatoms. The fourth-order valence-corrected chi connectivity index (χ4v) is 1.57. The summed E-state index contributed by atoms with van der Waals surface area (Å²) in [6, 6.07) is 7.43. The van der Waals surface area contributed by atoms with Crippen LogP contribution < -0.4 is 10.6 Å². The van der Waals surface area contributed by atoms with Crippen molar-refractivity contribution in [3.05, 3.63) is 29.8 Å². The molecule has 0 bridgehead atoms. The quantitative estimate of drug-likeness (QED) is 0.803. The molecule has 110 valence electrons. The number of ether oxygens (including phenoxy) is 1. The van der Waals surface area contributed by atoms with Gasteiger partial charge < -0.3 is 20.3 Å². The molecule has 1 atom stereocenters. The molecule has 0 spiro atoms. The fourth-order valence-electron chi connectivity index (χ4n) is 1.57. The lowest BCUT2D eigenvalue weighted by Gasteiger charge is -2.17. The van der Waals surface area contributed by atoms with Crippen LogP contribution in [0.4, 0.5) is 10.5 Å². The fraction of sp³-hybridized carbons (Fsp3) is 0.429. The summed E-state index contributed by atoms with van der Waals surface area (Å²) in [4.78, 5) is 24.2. The van der Waals surface area contributed by atoms with Crippen LogP contribution >= 0.6 is 0 Å². The average molecular weight is 279 g/mol. The van der Waals surface area contributed by atoms with E-state index in [0.717, 1.165) is 5.56 Å². The summed E-state index contributed by atoms with van der Waals surface area (Å²) in [6.45, 7) is 1.97. The van der Waals surface area contributed by atoms with Crippen LogP contribution in [0.3, 0.4) is 0 Å². The van der Waals surface area contributed by atoms with Gasteiger partial charge in [0.15, 0.2) is 0 Å². The Labute approximate surface area is 119 Å². The number of hydrogen-bond donors (Lipinski definition) is 2. The maximum atomic E-state index is 11.8. The lowest BCUT2D eigenvalue weighted by molar-refractivity contribution is -0.140. The van der Waals surface area contributed by atoms with E-state index in [1.807, 2.05) is 31.3 Å². The minimum absolute atomic E-state index is 0.0861. The number of carbonyl (C=O) groups excluding carboxylic acids is 2. The van der Waals surface area contributed by atoms with Gasteiger partial charge in [0, 0.05) is 18.8 Å². The van der Waals surface area contributed by atoms with Gasteiger partial charge in [-0.3, -0.25) is 4.79 Å². The number of esters is 1. The number of nitrogens with zero attached hydrogens (tertiary/aromatic N) is 1. The number of amides is 2. The minimum atomic E-state index is -0.458. The van der Waals surface area contributed by atoms with Crippen molar-refractivity contribution in [2.24, 2.45) is 0 Å². The first-order valence-corrected chi connectivity index (χ1v) is 6.34. The van der Waals surface area contributed by atoms with Crippen LogP contribution in [0.15, 0.2) is 24.3 Å². The van der Waals surface area contributed by atoms with Gasteiger partial charge in [-0.15, -0.1) is 0 Å². The van der Waals surface area contributed by atoms with E-state index in [2.05, 4.69) is 22.3 Å². The number of urea groups is 1. The smallest absolute Gasteiger partial charge is 0.325 e. The van der Waals surface area contributed by atoms with E-state index < -0.39 is 5.97 Å². The van der Waals surface area contributed by atoms with E-state index in [1.54, 1.807) is 0 Å². The van der Waals surface area contributed by atoms with Gasteiger partial charge in [0.1, 0.15) is 6.54 Å². The largest absolute Gasteiger partial charge is 0.468 e. The topological polar surface area (TPSA) is 70.7 Å². The zero-order valence-electron chi connectivity index (χ0n) is 12.3. The number of carbonyl (C=O) groups is 2. The van der Waals surface area contributed by atoms with Gasteiger partial charge in [-0.1, -0.05) is 12.1 Å². The molecule has 0 heterocycles. The highest BCUT2D eigenvalue weighted by Gasteiger charge is 2.13. The molecule has 0 fully saturated rings. The van der Waals surface area contributed by atoms with Crippen molar-refractivity contribution in [1.29, 1.82) is 0 Å². The van der Waals surface area contributed by atoms with Crippen LogP contribution in [-0.2, 0) is 9.53 Å². The monoisotopic (exact) mass is 279 g/mol. The first-order valence-electron chi connectivity index (χ1n) is 6.34. The number of rotatable bonds is 5. The van der Waals surface area contributed by atoms with E-state index in [1.165, 1.54) is 19.1 Å². The van der Waals surface area contributed by atoms with Crippen molar-refractivity contribution in [3.63, 3.8) is 0 Å². The molecule has 0 aromatic heterocycles.